The van der Waals surface area contributed by atoms with Crippen LogP contribution in [0.1, 0.15) is 25.8 Å². The monoisotopic (exact) mass is 434 g/mol. The number of morpholine rings is 1. The maximum absolute atomic E-state index is 13.8. The minimum Gasteiger partial charge on any atom is -0.370 e. The van der Waals surface area contributed by atoms with Gasteiger partial charge >= 0.3 is 6.18 Å². The molecule has 3 N–H and O–H groups in total. The number of aromatic amines is 1. The number of rotatable bonds is 5. The predicted molar refractivity (Wildman–Crippen MR) is 112 cm³/mol. The molecule has 0 amide bonds. The summed E-state index contributed by atoms with van der Waals surface area (Å²) in [6, 6.07) is 5.81. The van der Waals surface area contributed by atoms with Gasteiger partial charge in [-0.05, 0) is 36.6 Å². The lowest BCUT2D eigenvalue weighted by atomic mass is 9.90. The summed E-state index contributed by atoms with van der Waals surface area (Å²) in [6.45, 7) is 5.91. The number of H-pyrrole nitrogens is 1. The summed E-state index contributed by atoms with van der Waals surface area (Å²) < 4.78 is 47.4. The SMILES string of the molecule is CC(C)C[C@]1(CN)CN(c2ccc(C(F)(F)F)c(-c3[nH]nc4ncccc34)n2)CCO1. The first-order chi connectivity index (χ1) is 14.7. The molecule has 31 heavy (non-hydrogen) atoms. The maximum atomic E-state index is 13.8. The standard InChI is InChI=1S/C21H25F3N6O/c1-13(2)10-20(11-25)12-30(8-9-31-20)16-6-5-15(21(22,23)24)18(27-16)17-14-4-3-7-26-19(14)29-28-17/h3-7,13H,8-12,25H2,1-2H3,(H,26,28,29)/t20-/m0/s1. The van der Waals surface area contributed by atoms with Crippen molar-refractivity contribution >= 4 is 16.9 Å². The summed E-state index contributed by atoms with van der Waals surface area (Å²) in [4.78, 5) is 10.5. The van der Waals surface area contributed by atoms with E-state index in [1.54, 1.807) is 12.1 Å². The molecular formula is C21H25F3N6O. The fraction of sp³-hybridized carbons (Fsp3) is 0.476. The Bertz CT molecular complexity index is 1070. The molecule has 4 rings (SSSR count). The lowest BCUT2D eigenvalue weighted by Gasteiger charge is -2.43. The Morgan fingerprint density at radius 2 is 2.10 bits per heavy atom. The lowest BCUT2D eigenvalue weighted by molar-refractivity contribution is -0.137. The first kappa shape index (κ1) is 21.5. The van der Waals surface area contributed by atoms with Gasteiger partial charge in [-0.1, -0.05) is 13.8 Å². The Morgan fingerprint density at radius 1 is 1.29 bits per heavy atom. The Hall–Kier alpha value is -2.72. The summed E-state index contributed by atoms with van der Waals surface area (Å²) >= 11 is 0. The van der Waals surface area contributed by atoms with Gasteiger partial charge < -0.3 is 15.4 Å². The molecular weight excluding hydrogens is 409 g/mol. The van der Waals surface area contributed by atoms with E-state index in [0.717, 1.165) is 12.5 Å². The van der Waals surface area contributed by atoms with Crippen molar-refractivity contribution in [2.24, 2.45) is 11.7 Å². The molecule has 3 aromatic rings. The molecule has 1 saturated heterocycles. The molecule has 0 saturated carbocycles. The number of pyridine rings is 2. The van der Waals surface area contributed by atoms with Gasteiger partial charge in [0.2, 0.25) is 0 Å². The Morgan fingerprint density at radius 3 is 2.81 bits per heavy atom. The first-order valence-electron chi connectivity index (χ1n) is 10.2. The van der Waals surface area contributed by atoms with E-state index in [-0.39, 0.29) is 11.4 Å². The zero-order valence-corrected chi connectivity index (χ0v) is 17.4. The molecule has 0 aliphatic carbocycles. The molecule has 1 aliphatic rings. The Kier molecular flexibility index (Phi) is 5.61. The van der Waals surface area contributed by atoms with Crippen LogP contribution in [0.4, 0.5) is 19.0 Å². The second kappa shape index (κ2) is 8.08. The Balaban J connectivity index is 1.78. The van der Waals surface area contributed by atoms with Gasteiger partial charge in [-0.25, -0.2) is 9.97 Å². The summed E-state index contributed by atoms with van der Waals surface area (Å²) in [6.07, 6.45) is -2.27. The first-order valence-corrected chi connectivity index (χ1v) is 10.2. The van der Waals surface area contributed by atoms with E-state index in [4.69, 9.17) is 10.5 Å². The zero-order valence-electron chi connectivity index (χ0n) is 17.4. The number of nitrogens with two attached hydrogens (primary N) is 1. The van der Waals surface area contributed by atoms with Crippen LogP contribution in [0, 0.1) is 5.92 Å². The van der Waals surface area contributed by atoms with Crippen molar-refractivity contribution in [3.63, 3.8) is 0 Å². The third kappa shape index (κ3) is 4.22. The largest absolute Gasteiger partial charge is 0.418 e. The number of alkyl halides is 3. The summed E-state index contributed by atoms with van der Waals surface area (Å²) in [5.41, 5.74) is 4.98. The number of nitrogens with one attached hydrogen (secondary N) is 1. The van der Waals surface area contributed by atoms with Gasteiger partial charge in [-0.15, -0.1) is 0 Å². The smallest absolute Gasteiger partial charge is 0.370 e. The second-order valence-electron chi connectivity index (χ2n) is 8.29. The molecule has 0 bridgehead atoms. The maximum Gasteiger partial charge on any atom is 0.418 e. The number of hydrogen-bond donors (Lipinski definition) is 2. The van der Waals surface area contributed by atoms with Crippen LogP contribution in [-0.4, -0.2) is 52.0 Å². The van der Waals surface area contributed by atoms with E-state index >= 15 is 0 Å². The quantitative estimate of drug-likeness (QED) is 0.637. The molecule has 1 fully saturated rings. The highest BCUT2D eigenvalue weighted by Gasteiger charge is 2.39. The molecule has 4 heterocycles. The summed E-state index contributed by atoms with van der Waals surface area (Å²) in [7, 11) is 0. The van der Waals surface area contributed by atoms with Crippen molar-refractivity contribution < 1.29 is 17.9 Å². The minimum atomic E-state index is -4.57. The number of anilines is 1. The van der Waals surface area contributed by atoms with Gasteiger partial charge in [0.15, 0.2) is 5.65 Å². The molecule has 10 heteroatoms. The number of ether oxygens (including phenoxy) is 1. The molecule has 7 nitrogen and oxygen atoms in total. The normalized spacial score (nSPS) is 20.0. The van der Waals surface area contributed by atoms with Crippen molar-refractivity contribution in [3.05, 3.63) is 36.0 Å². The minimum absolute atomic E-state index is 0.192. The highest BCUT2D eigenvalue weighted by atomic mass is 19.4. The fourth-order valence-electron chi connectivity index (χ4n) is 4.19. The van der Waals surface area contributed by atoms with Crippen LogP contribution in [-0.2, 0) is 10.9 Å². The van der Waals surface area contributed by atoms with E-state index < -0.39 is 17.3 Å². The number of aromatic nitrogens is 4. The second-order valence-corrected chi connectivity index (χ2v) is 8.29. The average molecular weight is 434 g/mol. The van der Waals surface area contributed by atoms with E-state index in [0.29, 0.717) is 49.0 Å². The number of halogens is 3. The fourth-order valence-corrected chi connectivity index (χ4v) is 4.19. The van der Waals surface area contributed by atoms with Crippen LogP contribution in [0.3, 0.4) is 0 Å². The molecule has 0 spiro atoms. The molecule has 1 aliphatic heterocycles. The lowest BCUT2D eigenvalue weighted by Crippen LogP contribution is -2.56. The van der Waals surface area contributed by atoms with E-state index in [1.165, 1.54) is 12.3 Å². The van der Waals surface area contributed by atoms with Crippen molar-refractivity contribution in [3.8, 4) is 11.4 Å². The van der Waals surface area contributed by atoms with Gasteiger partial charge in [-0.2, -0.15) is 18.3 Å². The average Bonchev–Trinajstić information content (AvgIpc) is 3.16. The molecule has 1 atom stereocenters. The van der Waals surface area contributed by atoms with Crippen LogP contribution < -0.4 is 10.6 Å². The van der Waals surface area contributed by atoms with E-state index in [9.17, 15) is 13.2 Å². The third-order valence-corrected chi connectivity index (χ3v) is 5.48. The van der Waals surface area contributed by atoms with Gasteiger partial charge in [0.25, 0.3) is 0 Å². The number of hydrogen-bond acceptors (Lipinski definition) is 6. The number of nitrogens with zero attached hydrogens (tertiary/aromatic N) is 4. The van der Waals surface area contributed by atoms with Gasteiger partial charge in [0, 0.05) is 31.2 Å². The predicted octanol–water partition coefficient (Wildman–Crippen LogP) is 3.62. The van der Waals surface area contributed by atoms with Crippen LogP contribution in [0.15, 0.2) is 30.5 Å². The molecule has 0 radical (unpaired) electrons. The van der Waals surface area contributed by atoms with Gasteiger partial charge in [0.1, 0.15) is 11.5 Å². The molecule has 0 unspecified atom stereocenters. The molecule has 0 aromatic carbocycles. The van der Waals surface area contributed by atoms with Crippen LogP contribution >= 0.6 is 0 Å². The van der Waals surface area contributed by atoms with Crippen LogP contribution in [0.2, 0.25) is 0 Å². The van der Waals surface area contributed by atoms with Crippen molar-refractivity contribution in [2.75, 3.05) is 31.1 Å². The van der Waals surface area contributed by atoms with E-state index in [2.05, 4.69) is 34.0 Å². The zero-order chi connectivity index (χ0) is 22.2. The Labute approximate surface area is 177 Å². The number of fused-ring (bicyclic) bond motifs is 1. The van der Waals surface area contributed by atoms with E-state index in [1.807, 2.05) is 4.90 Å². The van der Waals surface area contributed by atoms with Gasteiger partial charge in [0.05, 0.1) is 23.5 Å². The summed E-state index contributed by atoms with van der Waals surface area (Å²) in [5.74, 6) is 0.808. The van der Waals surface area contributed by atoms with Crippen molar-refractivity contribution in [2.45, 2.75) is 32.0 Å². The van der Waals surface area contributed by atoms with Crippen molar-refractivity contribution in [1.29, 1.82) is 0 Å². The molecule has 3 aromatic heterocycles. The van der Waals surface area contributed by atoms with Crippen LogP contribution in [0.5, 0.6) is 0 Å². The summed E-state index contributed by atoms with van der Waals surface area (Å²) in [5, 5.41) is 7.21. The third-order valence-electron chi connectivity index (χ3n) is 5.48. The van der Waals surface area contributed by atoms with Gasteiger partial charge in [-0.3, -0.25) is 5.10 Å². The molecule has 166 valence electrons. The van der Waals surface area contributed by atoms with Crippen LogP contribution in [0.25, 0.3) is 22.4 Å². The highest BCUT2D eigenvalue weighted by Crippen LogP contribution is 2.39. The van der Waals surface area contributed by atoms with Crippen molar-refractivity contribution in [1.82, 2.24) is 20.2 Å². The topological polar surface area (TPSA) is 93.0 Å². The highest BCUT2D eigenvalue weighted by molar-refractivity contribution is 5.90.